The second kappa shape index (κ2) is 8.48. The summed E-state index contributed by atoms with van der Waals surface area (Å²) >= 11 is 5.42. The van der Waals surface area contributed by atoms with Crippen LogP contribution in [0.5, 0.6) is 5.75 Å². The third-order valence-corrected chi connectivity index (χ3v) is 6.18. The first-order valence-electron chi connectivity index (χ1n) is 10.6. The number of aromatic hydroxyl groups is 1. The Kier molecular flexibility index (Phi) is 5.37. The maximum absolute atomic E-state index is 10.6. The maximum atomic E-state index is 10.6. The average Bonchev–Trinajstić information content (AvgIpc) is 3.24. The van der Waals surface area contributed by atoms with Gasteiger partial charge in [-0.2, -0.15) is 0 Å². The number of hydrogen-bond acceptors (Lipinski definition) is 4. The molecule has 2 unspecified atom stereocenters. The molecule has 3 aromatic rings. The van der Waals surface area contributed by atoms with Crippen LogP contribution >= 0.6 is 12.2 Å². The number of benzene rings is 3. The quantitative estimate of drug-likeness (QED) is 0.489. The van der Waals surface area contributed by atoms with Gasteiger partial charge in [0.05, 0.1) is 17.8 Å². The Bertz CT molecular complexity index is 1210. The summed E-state index contributed by atoms with van der Waals surface area (Å²) in [6.45, 7) is 2.01. The summed E-state index contributed by atoms with van der Waals surface area (Å²) in [5, 5.41) is 16.6. The summed E-state index contributed by atoms with van der Waals surface area (Å²) in [6, 6.07) is 27.8. The number of aliphatic imine (C=N–C) groups is 1. The lowest BCUT2D eigenvalue weighted by Gasteiger charge is -2.29. The minimum Gasteiger partial charge on any atom is -0.508 e. The number of phenols is 1. The predicted molar refractivity (Wildman–Crippen MR) is 133 cm³/mol. The molecule has 1 saturated heterocycles. The van der Waals surface area contributed by atoms with Gasteiger partial charge in [0.1, 0.15) is 5.75 Å². The van der Waals surface area contributed by atoms with Gasteiger partial charge >= 0.3 is 0 Å². The number of thiocarbonyl (C=S) groups is 1. The number of hydrogen-bond donors (Lipinski definition) is 3. The third-order valence-electron chi connectivity index (χ3n) is 5.97. The lowest BCUT2D eigenvalue weighted by molar-refractivity contribution is 0.460. The summed E-state index contributed by atoms with van der Waals surface area (Å²) in [4.78, 5) is 4.57. The SMILES string of the molecule is CC1=NC(=S)NC(c2ccccc2)/C1=C1/CC(c2ccccc2O)N(c2ccccc2)N1. The van der Waals surface area contributed by atoms with Crippen LogP contribution in [0.15, 0.2) is 101 Å². The van der Waals surface area contributed by atoms with Crippen molar-refractivity contribution in [1.29, 1.82) is 0 Å². The van der Waals surface area contributed by atoms with E-state index in [1.807, 2.05) is 61.5 Å². The minimum atomic E-state index is -0.0931. The first-order chi connectivity index (χ1) is 15.6. The van der Waals surface area contributed by atoms with E-state index in [1.165, 1.54) is 0 Å². The van der Waals surface area contributed by atoms with E-state index in [0.717, 1.165) is 33.8 Å². The third kappa shape index (κ3) is 3.74. The molecule has 1 fully saturated rings. The van der Waals surface area contributed by atoms with Crippen LogP contribution in [-0.4, -0.2) is 15.9 Å². The molecule has 2 aliphatic heterocycles. The molecule has 2 atom stereocenters. The van der Waals surface area contributed by atoms with Crippen molar-refractivity contribution in [1.82, 2.24) is 10.7 Å². The molecule has 6 heteroatoms. The van der Waals surface area contributed by atoms with Gasteiger partial charge in [0.25, 0.3) is 0 Å². The summed E-state index contributed by atoms with van der Waals surface area (Å²) in [7, 11) is 0. The van der Waals surface area contributed by atoms with Crippen molar-refractivity contribution in [3.05, 3.63) is 107 Å². The fraction of sp³-hybridized carbons (Fsp3) is 0.154. The number of para-hydroxylation sites is 2. The molecule has 3 N–H and O–H groups in total. The standard InChI is InChI=1S/C26H24N4OS/c1-17-24(25(28-26(32)27-17)18-10-4-2-5-11-18)21-16-22(20-14-8-9-15-23(20)31)30(29-21)19-12-6-3-7-13-19/h2-15,22,25,29,31H,16H2,1H3,(H,28,32)/b24-21-. The highest BCUT2D eigenvalue weighted by atomic mass is 32.1. The highest BCUT2D eigenvalue weighted by Gasteiger charge is 2.36. The van der Waals surface area contributed by atoms with E-state index >= 15 is 0 Å². The average molecular weight is 441 g/mol. The zero-order valence-corrected chi connectivity index (χ0v) is 18.5. The van der Waals surface area contributed by atoms with E-state index in [-0.39, 0.29) is 12.1 Å². The van der Waals surface area contributed by atoms with Crippen molar-refractivity contribution in [2.24, 2.45) is 4.99 Å². The number of phenolic OH excluding ortho intramolecular Hbond substituents is 1. The largest absolute Gasteiger partial charge is 0.508 e. The summed E-state index contributed by atoms with van der Waals surface area (Å²) in [5.41, 5.74) is 9.72. The van der Waals surface area contributed by atoms with Gasteiger partial charge in [-0.1, -0.05) is 66.7 Å². The molecular formula is C26H24N4OS. The van der Waals surface area contributed by atoms with E-state index in [2.05, 4.69) is 45.0 Å². The molecule has 0 spiro atoms. The Morgan fingerprint density at radius 1 is 0.938 bits per heavy atom. The molecule has 5 rings (SSSR count). The molecule has 0 bridgehead atoms. The highest BCUT2D eigenvalue weighted by Crippen LogP contribution is 2.42. The monoisotopic (exact) mass is 440 g/mol. The Labute approximate surface area is 193 Å². The summed E-state index contributed by atoms with van der Waals surface area (Å²) in [6.07, 6.45) is 0.701. The molecule has 5 nitrogen and oxygen atoms in total. The van der Waals surface area contributed by atoms with Gasteiger partial charge in [-0.25, -0.2) is 4.99 Å². The van der Waals surface area contributed by atoms with Gasteiger partial charge in [-0.05, 0) is 42.9 Å². The molecule has 0 radical (unpaired) electrons. The minimum absolute atomic E-state index is 0.0702. The summed E-state index contributed by atoms with van der Waals surface area (Å²) < 4.78 is 0. The number of hydrazine groups is 1. The smallest absolute Gasteiger partial charge is 0.193 e. The van der Waals surface area contributed by atoms with Crippen LogP contribution < -0.4 is 15.8 Å². The normalized spacial score (nSPS) is 22.8. The lowest BCUT2D eigenvalue weighted by atomic mass is 9.90. The zero-order valence-electron chi connectivity index (χ0n) is 17.7. The number of anilines is 1. The van der Waals surface area contributed by atoms with E-state index in [1.54, 1.807) is 6.07 Å². The maximum Gasteiger partial charge on any atom is 0.193 e. The van der Waals surface area contributed by atoms with Crippen LogP contribution in [0.3, 0.4) is 0 Å². The molecule has 0 saturated carbocycles. The molecule has 160 valence electrons. The fourth-order valence-corrected chi connectivity index (χ4v) is 4.77. The van der Waals surface area contributed by atoms with Crippen LogP contribution in [0.1, 0.15) is 36.6 Å². The van der Waals surface area contributed by atoms with Crippen molar-refractivity contribution in [3.8, 4) is 5.75 Å². The molecule has 0 aliphatic carbocycles. The first kappa shape index (κ1) is 20.3. The van der Waals surface area contributed by atoms with Gasteiger partial charge in [0.15, 0.2) is 5.11 Å². The summed E-state index contributed by atoms with van der Waals surface area (Å²) in [5.74, 6) is 0.291. The Morgan fingerprint density at radius 2 is 1.59 bits per heavy atom. The van der Waals surface area contributed by atoms with Crippen LogP contribution in [0.25, 0.3) is 0 Å². The number of nitrogens with zero attached hydrogens (tertiary/aromatic N) is 2. The molecule has 0 aromatic heterocycles. The van der Waals surface area contributed by atoms with E-state index in [9.17, 15) is 5.11 Å². The van der Waals surface area contributed by atoms with E-state index in [0.29, 0.717) is 17.3 Å². The van der Waals surface area contributed by atoms with Crippen LogP contribution in [-0.2, 0) is 0 Å². The van der Waals surface area contributed by atoms with Crippen molar-refractivity contribution in [2.45, 2.75) is 25.4 Å². The van der Waals surface area contributed by atoms with Crippen molar-refractivity contribution in [2.75, 3.05) is 5.01 Å². The topological polar surface area (TPSA) is 59.9 Å². The van der Waals surface area contributed by atoms with Crippen molar-refractivity contribution < 1.29 is 5.11 Å². The van der Waals surface area contributed by atoms with Gasteiger partial charge in [0, 0.05) is 29.0 Å². The van der Waals surface area contributed by atoms with Gasteiger partial charge in [0.2, 0.25) is 0 Å². The highest BCUT2D eigenvalue weighted by molar-refractivity contribution is 7.80. The fourth-order valence-electron chi connectivity index (χ4n) is 4.51. The number of nitrogens with one attached hydrogen (secondary N) is 2. The Morgan fingerprint density at radius 3 is 2.31 bits per heavy atom. The lowest BCUT2D eigenvalue weighted by Crippen LogP contribution is -2.38. The van der Waals surface area contributed by atoms with Crippen LogP contribution in [0.4, 0.5) is 5.69 Å². The van der Waals surface area contributed by atoms with Gasteiger partial charge in [-0.15, -0.1) is 0 Å². The first-order valence-corrected chi connectivity index (χ1v) is 11.1. The molecule has 3 aromatic carbocycles. The van der Waals surface area contributed by atoms with Gasteiger partial charge in [-0.3, -0.25) is 5.01 Å². The predicted octanol–water partition coefficient (Wildman–Crippen LogP) is 5.19. The Hall–Kier alpha value is -3.64. The molecule has 0 amide bonds. The Balaban J connectivity index is 1.64. The van der Waals surface area contributed by atoms with Gasteiger partial charge < -0.3 is 15.8 Å². The zero-order chi connectivity index (χ0) is 22.1. The van der Waals surface area contributed by atoms with Crippen molar-refractivity contribution in [3.63, 3.8) is 0 Å². The molecule has 32 heavy (non-hydrogen) atoms. The number of rotatable bonds is 3. The van der Waals surface area contributed by atoms with Crippen LogP contribution in [0, 0.1) is 0 Å². The molecule has 2 heterocycles. The molecule has 2 aliphatic rings. The molecular weight excluding hydrogens is 416 g/mol. The van der Waals surface area contributed by atoms with Crippen LogP contribution in [0.2, 0.25) is 0 Å². The van der Waals surface area contributed by atoms with E-state index in [4.69, 9.17) is 12.2 Å². The van der Waals surface area contributed by atoms with E-state index < -0.39 is 0 Å². The van der Waals surface area contributed by atoms with Crippen molar-refractivity contribution >= 4 is 28.7 Å². The second-order valence-electron chi connectivity index (χ2n) is 7.98. The second-order valence-corrected chi connectivity index (χ2v) is 8.37.